The van der Waals surface area contributed by atoms with Crippen LogP contribution in [0.15, 0.2) is 24.3 Å². The summed E-state index contributed by atoms with van der Waals surface area (Å²) in [7, 11) is 1.83. The Morgan fingerprint density at radius 2 is 1.94 bits per heavy atom. The smallest absolute Gasteiger partial charge is 0.198 e. The van der Waals surface area contributed by atoms with Crippen LogP contribution in [0.5, 0.6) is 0 Å². The molecule has 0 aliphatic rings. The maximum atomic E-state index is 12.4. The summed E-state index contributed by atoms with van der Waals surface area (Å²) < 4.78 is 1.71. The topological polar surface area (TPSA) is 34.9 Å². The van der Waals surface area contributed by atoms with E-state index < -0.39 is 0 Å². The lowest BCUT2D eigenvalue weighted by Gasteiger charge is -2.03. The summed E-state index contributed by atoms with van der Waals surface area (Å²) >= 11 is 6.03. The lowest BCUT2D eigenvalue weighted by Crippen LogP contribution is -2.05. The maximum absolute atomic E-state index is 12.4. The SMILES string of the molecule is Cc1nn(C)c(C)c1C(=O)c1ccccc1Cl. The number of aryl methyl sites for hydroxylation is 2. The highest BCUT2D eigenvalue weighted by Crippen LogP contribution is 2.22. The van der Waals surface area contributed by atoms with Gasteiger partial charge < -0.3 is 0 Å². The van der Waals surface area contributed by atoms with Gasteiger partial charge in [-0.25, -0.2) is 0 Å². The summed E-state index contributed by atoms with van der Waals surface area (Å²) in [5.41, 5.74) is 2.75. The fourth-order valence-electron chi connectivity index (χ4n) is 1.88. The Morgan fingerprint density at radius 3 is 2.47 bits per heavy atom. The highest BCUT2D eigenvalue weighted by atomic mass is 35.5. The van der Waals surface area contributed by atoms with Gasteiger partial charge in [0.05, 0.1) is 16.3 Å². The van der Waals surface area contributed by atoms with Crippen LogP contribution in [-0.4, -0.2) is 15.6 Å². The summed E-state index contributed by atoms with van der Waals surface area (Å²) in [5, 5.41) is 4.71. The molecule has 0 spiro atoms. The third kappa shape index (κ3) is 1.98. The summed E-state index contributed by atoms with van der Waals surface area (Å²) in [6.07, 6.45) is 0. The molecular weight excluding hydrogens is 236 g/mol. The van der Waals surface area contributed by atoms with Gasteiger partial charge in [-0.05, 0) is 26.0 Å². The van der Waals surface area contributed by atoms with Crippen molar-refractivity contribution in [1.29, 1.82) is 0 Å². The van der Waals surface area contributed by atoms with Gasteiger partial charge in [0.2, 0.25) is 0 Å². The van der Waals surface area contributed by atoms with Crippen molar-refractivity contribution in [3.8, 4) is 0 Å². The number of benzene rings is 1. The summed E-state index contributed by atoms with van der Waals surface area (Å²) in [6, 6.07) is 7.06. The second-order valence-electron chi connectivity index (χ2n) is 3.98. The molecule has 0 saturated carbocycles. The van der Waals surface area contributed by atoms with E-state index in [2.05, 4.69) is 5.10 Å². The molecule has 2 rings (SSSR count). The largest absolute Gasteiger partial charge is 0.288 e. The minimum absolute atomic E-state index is 0.0706. The standard InChI is InChI=1S/C13H13ClN2O/c1-8-12(9(2)16(3)15-8)13(17)10-6-4-5-7-11(10)14/h4-7H,1-3H3. The second-order valence-corrected chi connectivity index (χ2v) is 4.39. The highest BCUT2D eigenvalue weighted by Gasteiger charge is 2.20. The van der Waals surface area contributed by atoms with Crippen LogP contribution >= 0.6 is 11.6 Å². The molecule has 0 amide bonds. The monoisotopic (exact) mass is 248 g/mol. The van der Waals surface area contributed by atoms with Crippen molar-refractivity contribution in [2.75, 3.05) is 0 Å². The van der Waals surface area contributed by atoms with Crippen molar-refractivity contribution >= 4 is 17.4 Å². The zero-order valence-electron chi connectivity index (χ0n) is 9.99. The molecule has 1 aromatic carbocycles. The molecule has 0 N–H and O–H groups in total. The molecule has 0 bridgehead atoms. The third-order valence-corrected chi connectivity index (χ3v) is 3.18. The van der Waals surface area contributed by atoms with Crippen LogP contribution in [0.25, 0.3) is 0 Å². The first-order chi connectivity index (χ1) is 8.02. The van der Waals surface area contributed by atoms with E-state index in [1.54, 1.807) is 22.9 Å². The number of halogens is 1. The number of hydrogen-bond acceptors (Lipinski definition) is 2. The molecule has 0 unspecified atom stereocenters. The lowest BCUT2D eigenvalue weighted by molar-refractivity contribution is 0.103. The molecule has 0 aliphatic heterocycles. The number of carbonyl (C=O) groups excluding carboxylic acids is 1. The van der Waals surface area contributed by atoms with Gasteiger partial charge >= 0.3 is 0 Å². The molecule has 3 nitrogen and oxygen atoms in total. The molecule has 4 heteroatoms. The van der Waals surface area contributed by atoms with Gasteiger partial charge in [0.15, 0.2) is 5.78 Å². The maximum Gasteiger partial charge on any atom is 0.198 e. The number of aromatic nitrogens is 2. The van der Waals surface area contributed by atoms with Gasteiger partial charge in [-0.2, -0.15) is 5.10 Å². The third-order valence-electron chi connectivity index (χ3n) is 2.85. The molecule has 1 heterocycles. The van der Waals surface area contributed by atoms with E-state index in [4.69, 9.17) is 11.6 Å². The fourth-order valence-corrected chi connectivity index (χ4v) is 2.10. The number of nitrogens with zero attached hydrogens (tertiary/aromatic N) is 2. The molecule has 0 aliphatic carbocycles. The first-order valence-electron chi connectivity index (χ1n) is 5.31. The van der Waals surface area contributed by atoms with E-state index in [0.717, 1.165) is 11.4 Å². The Hall–Kier alpha value is -1.61. The second kappa shape index (κ2) is 4.34. The summed E-state index contributed by atoms with van der Waals surface area (Å²) in [6.45, 7) is 3.71. The Labute approximate surface area is 105 Å². The van der Waals surface area contributed by atoms with Gasteiger partial charge in [0, 0.05) is 18.3 Å². The van der Waals surface area contributed by atoms with Gasteiger partial charge in [-0.3, -0.25) is 9.48 Å². The van der Waals surface area contributed by atoms with Crippen molar-refractivity contribution in [3.05, 3.63) is 51.8 Å². The van der Waals surface area contributed by atoms with Gasteiger partial charge in [-0.1, -0.05) is 23.7 Å². The fraction of sp³-hybridized carbons (Fsp3) is 0.231. The number of rotatable bonds is 2. The quantitative estimate of drug-likeness (QED) is 0.766. The van der Waals surface area contributed by atoms with Gasteiger partial charge in [-0.15, -0.1) is 0 Å². The zero-order valence-corrected chi connectivity index (χ0v) is 10.7. The molecule has 0 radical (unpaired) electrons. The Balaban J connectivity index is 2.55. The first-order valence-corrected chi connectivity index (χ1v) is 5.69. The molecule has 17 heavy (non-hydrogen) atoms. The average Bonchev–Trinajstić information content (AvgIpc) is 2.53. The van der Waals surface area contributed by atoms with Crippen molar-refractivity contribution < 1.29 is 4.79 Å². The van der Waals surface area contributed by atoms with Crippen LogP contribution in [-0.2, 0) is 7.05 Å². The summed E-state index contributed by atoms with van der Waals surface area (Å²) in [4.78, 5) is 12.4. The van der Waals surface area contributed by atoms with E-state index in [9.17, 15) is 4.79 Å². The van der Waals surface area contributed by atoms with E-state index in [-0.39, 0.29) is 5.78 Å². The van der Waals surface area contributed by atoms with Gasteiger partial charge in [0.25, 0.3) is 0 Å². The molecule has 1 aromatic heterocycles. The number of hydrogen-bond donors (Lipinski definition) is 0. The van der Waals surface area contributed by atoms with Crippen LogP contribution in [0.3, 0.4) is 0 Å². The molecule has 2 aromatic rings. The van der Waals surface area contributed by atoms with Gasteiger partial charge in [0.1, 0.15) is 0 Å². The molecule has 0 saturated heterocycles. The van der Waals surface area contributed by atoms with Crippen LogP contribution < -0.4 is 0 Å². The van der Waals surface area contributed by atoms with Crippen LogP contribution in [0.4, 0.5) is 0 Å². The normalized spacial score (nSPS) is 10.6. The average molecular weight is 249 g/mol. The van der Waals surface area contributed by atoms with Crippen LogP contribution in [0, 0.1) is 13.8 Å². The predicted octanol–water partition coefficient (Wildman–Crippen LogP) is 2.92. The van der Waals surface area contributed by atoms with E-state index in [1.807, 2.05) is 27.0 Å². The molecule has 88 valence electrons. The Morgan fingerprint density at radius 1 is 1.29 bits per heavy atom. The highest BCUT2D eigenvalue weighted by molar-refractivity contribution is 6.35. The van der Waals surface area contributed by atoms with Crippen LogP contribution in [0.1, 0.15) is 27.3 Å². The Kier molecular flexibility index (Phi) is 3.03. The minimum atomic E-state index is -0.0706. The van der Waals surface area contributed by atoms with Crippen molar-refractivity contribution in [3.63, 3.8) is 0 Å². The number of ketones is 1. The predicted molar refractivity (Wildman–Crippen MR) is 67.6 cm³/mol. The van der Waals surface area contributed by atoms with E-state index in [1.165, 1.54) is 0 Å². The minimum Gasteiger partial charge on any atom is -0.288 e. The van der Waals surface area contributed by atoms with E-state index in [0.29, 0.717) is 16.1 Å². The van der Waals surface area contributed by atoms with Crippen molar-refractivity contribution in [2.45, 2.75) is 13.8 Å². The Bertz CT molecular complexity index is 587. The molecule has 0 atom stereocenters. The lowest BCUT2D eigenvalue weighted by atomic mass is 10.0. The zero-order chi connectivity index (χ0) is 12.6. The van der Waals surface area contributed by atoms with Crippen LogP contribution in [0.2, 0.25) is 5.02 Å². The van der Waals surface area contributed by atoms with E-state index >= 15 is 0 Å². The van der Waals surface area contributed by atoms with Crippen molar-refractivity contribution in [1.82, 2.24) is 9.78 Å². The summed E-state index contributed by atoms with van der Waals surface area (Å²) in [5.74, 6) is -0.0706. The first kappa shape index (κ1) is 11.9. The van der Waals surface area contributed by atoms with Crippen molar-refractivity contribution in [2.24, 2.45) is 7.05 Å². The number of carbonyl (C=O) groups is 1. The molecular formula is C13H13ClN2O. The molecule has 0 fully saturated rings.